The molecule has 30 heavy (non-hydrogen) atoms. The molecule has 2 aromatic heterocycles. The second-order valence-electron chi connectivity index (χ2n) is 7.22. The van der Waals surface area contributed by atoms with Gasteiger partial charge < -0.3 is 20.5 Å². The van der Waals surface area contributed by atoms with Crippen LogP contribution in [0.2, 0.25) is 0 Å². The Hall–Kier alpha value is -3.30. The number of fused-ring (bicyclic) bond motifs is 1. The molecule has 1 aliphatic rings. The summed E-state index contributed by atoms with van der Waals surface area (Å²) in [5.41, 5.74) is 0.255. The summed E-state index contributed by atoms with van der Waals surface area (Å²) < 4.78 is 38.5. The van der Waals surface area contributed by atoms with Crippen LogP contribution < -0.4 is 10.6 Å². The van der Waals surface area contributed by atoms with Crippen LogP contribution in [0.25, 0.3) is 11.0 Å². The topological polar surface area (TPSA) is 85.9 Å². The van der Waals surface area contributed by atoms with Crippen molar-refractivity contribution in [2.75, 3.05) is 30.3 Å². The van der Waals surface area contributed by atoms with E-state index in [0.717, 1.165) is 36.0 Å². The summed E-state index contributed by atoms with van der Waals surface area (Å²) in [6.45, 7) is 1.05. The number of piperidine rings is 1. The highest BCUT2D eigenvalue weighted by molar-refractivity contribution is 5.87. The first-order valence-electron chi connectivity index (χ1n) is 9.64. The number of nitrogens with one attached hydrogen (secondary N) is 3. The first-order valence-corrected chi connectivity index (χ1v) is 9.64. The quantitative estimate of drug-likeness (QED) is 0.591. The molecule has 0 radical (unpaired) electrons. The molecule has 3 aromatic rings. The van der Waals surface area contributed by atoms with Gasteiger partial charge in [0.1, 0.15) is 17.8 Å². The van der Waals surface area contributed by atoms with Crippen LogP contribution in [0.4, 0.5) is 24.7 Å². The molecule has 0 bridgehead atoms. The highest BCUT2D eigenvalue weighted by Crippen LogP contribution is 2.30. The number of alkyl halides is 3. The Bertz CT molecular complexity index is 1030. The first kappa shape index (κ1) is 20.0. The number of anilines is 2. The Labute approximate surface area is 170 Å². The summed E-state index contributed by atoms with van der Waals surface area (Å²) in [4.78, 5) is 25.8. The Kier molecular flexibility index (Phi) is 5.47. The predicted molar refractivity (Wildman–Crippen MR) is 107 cm³/mol. The van der Waals surface area contributed by atoms with Gasteiger partial charge in [0.25, 0.3) is 0 Å². The molecule has 1 aromatic carbocycles. The summed E-state index contributed by atoms with van der Waals surface area (Å²) in [7, 11) is 0. The second kappa shape index (κ2) is 8.21. The van der Waals surface area contributed by atoms with Gasteiger partial charge in [0.2, 0.25) is 5.91 Å². The molecular formula is C20H21F3N6O. The van der Waals surface area contributed by atoms with Crippen molar-refractivity contribution in [1.82, 2.24) is 19.9 Å². The van der Waals surface area contributed by atoms with Crippen LogP contribution in [-0.2, 0) is 11.0 Å². The third-order valence-electron chi connectivity index (χ3n) is 5.10. The molecule has 1 saturated heterocycles. The summed E-state index contributed by atoms with van der Waals surface area (Å²) in [5.74, 6) is 0.552. The van der Waals surface area contributed by atoms with Crippen molar-refractivity contribution in [3.05, 3.63) is 48.4 Å². The number of H-pyrrole nitrogens is 1. The van der Waals surface area contributed by atoms with Crippen LogP contribution in [0.5, 0.6) is 0 Å². The van der Waals surface area contributed by atoms with E-state index < -0.39 is 11.7 Å². The molecule has 1 atom stereocenters. The van der Waals surface area contributed by atoms with Gasteiger partial charge in [0.05, 0.1) is 17.5 Å². The fourth-order valence-electron chi connectivity index (χ4n) is 3.60. The minimum atomic E-state index is -4.42. The summed E-state index contributed by atoms with van der Waals surface area (Å²) in [6, 6.07) is 6.76. The van der Waals surface area contributed by atoms with E-state index in [9.17, 15) is 18.0 Å². The summed E-state index contributed by atoms with van der Waals surface area (Å²) in [5, 5.41) is 7.07. The molecule has 0 spiro atoms. The number of nitrogens with zero attached hydrogens (tertiary/aromatic N) is 3. The van der Waals surface area contributed by atoms with Crippen molar-refractivity contribution in [3.63, 3.8) is 0 Å². The van der Waals surface area contributed by atoms with E-state index in [1.54, 1.807) is 11.1 Å². The molecule has 3 heterocycles. The molecule has 0 saturated carbocycles. The lowest BCUT2D eigenvalue weighted by molar-refractivity contribution is -0.137. The molecule has 3 N–H and O–H groups in total. The molecule has 10 heteroatoms. The van der Waals surface area contributed by atoms with E-state index in [-0.39, 0.29) is 24.2 Å². The van der Waals surface area contributed by atoms with Crippen molar-refractivity contribution < 1.29 is 18.0 Å². The normalized spacial score (nSPS) is 17.2. The fraction of sp³-hybridized carbons (Fsp3) is 0.350. The Balaban J connectivity index is 1.35. The number of benzene rings is 1. The SMILES string of the molecule is O=C(CNc1cccc(C(F)(F)F)c1)N1CCC[C@@H](Nc2ncnc3[nH]ccc23)C1. The van der Waals surface area contributed by atoms with E-state index in [0.29, 0.717) is 18.9 Å². The molecule has 1 fully saturated rings. The van der Waals surface area contributed by atoms with Gasteiger partial charge in [-0.05, 0) is 37.1 Å². The average Bonchev–Trinajstić information content (AvgIpc) is 3.22. The van der Waals surface area contributed by atoms with Crippen LogP contribution in [-0.4, -0.2) is 51.4 Å². The Morgan fingerprint density at radius 3 is 2.97 bits per heavy atom. The second-order valence-corrected chi connectivity index (χ2v) is 7.22. The Morgan fingerprint density at radius 1 is 1.27 bits per heavy atom. The van der Waals surface area contributed by atoms with Gasteiger partial charge in [-0.15, -0.1) is 0 Å². The fourth-order valence-corrected chi connectivity index (χ4v) is 3.60. The minimum absolute atomic E-state index is 0.0317. The number of halogens is 3. The summed E-state index contributed by atoms with van der Waals surface area (Å²) in [6.07, 6.45) is 0.570. The maximum atomic E-state index is 12.8. The van der Waals surface area contributed by atoms with Gasteiger partial charge in [-0.3, -0.25) is 4.79 Å². The average molecular weight is 418 g/mol. The van der Waals surface area contributed by atoms with Gasteiger partial charge in [0, 0.05) is 31.0 Å². The highest BCUT2D eigenvalue weighted by atomic mass is 19.4. The zero-order valence-corrected chi connectivity index (χ0v) is 16.0. The lowest BCUT2D eigenvalue weighted by Crippen LogP contribution is -2.47. The molecule has 158 valence electrons. The number of carbonyl (C=O) groups excluding carboxylic acids is 1. The molecule has 7 nitrogen and oxygen atoms in total. The number of amides is 1. The van der Waals surface area contributed by atoms with Gasteiger partial charge >= 0.3 is 6.18 Å². The smallest absolute Gasteiger partial charge is 0.376 e. The molecular weight excluding hydrogens is 397 g/mol. The standard InChI is InChI=1S/C20H21F3N6O/c21-20(22,23)13-3-1-4-14(9-13)25-10-17(30)29-8-2-5-15(11-29)28-19-16-6-7-24-18(16)26-12-27-19/h1,3-4,6-7,9,12,15,25H,2,5,8,10-11H2,(H2,24,26,27,28)/t15-/m1/s1. The number of aromatic amines is 1. The molecule has 1 aliphatic heterocycles. The van der Waals surface area contributed by atoms with Crippen LogP contribution in [0.15, 0.2) is 42.9 Å². The molecule has 4 rings (SSSR count). The minimum Gasteiger partial charge on any atom is -0.376 e. The van der Waals surface area contributed by atoms with Gasteiger partial charge in [-0.1, -0.05) is 6.07 Å². The number of hydrogen-bond acceptors (Lipinski definition) is 5. The maximum Gasteiger partial charge on any atom is 0.416 e. The summed E-state index contributed by atoms with van der Waals surface area (Å²) >= 11 is 0. The monoisotopic (exact) mass is 418 g/mol. The molecule has 0 unspecified atom stereocenters. The predicted octanol–water partition coefficient (Wildman–Crippen LogP) is 3.49. The highest BCUT2D eigenvalue weighted by Gasteiger charge is 2.30. The first-order chi connectivity index (χ1) is 14.4. The lowest BCUT2D eigenvalue weighted by Gasteiger charge is -2.33. The van der Waals surface area contributed by atoms with E-state index in [1.165, 1.54) is 18.5 Å². The third kappa shape index (κ3) is 4.47. The number of rotatable bonds is 5. The largest absolute Gasteiger partial charge is 0.416 e. The number of hydrogen-bond donors (Lipinski definition) is 3. The van der Waals surface area contributed by atoms with E-state index in [2.05, 4.69) is 25.6 Å². The number of likely N-dealkylation sites (tertiary alicyclic amines) is 1. The lowest BCUT2D eigenvalue weighted by atomic mass is 10.1. The van der Waals surface area contributed by atoms with E-state index in [4.69, 9.17) is 0 Å². The van der Waals surface area contributed by atoms with E-state index >= 15 is 0 Å². The van der Waals surface area contributed by atoms with Crippen molar-refractivity contribution in [2.24, 2.45) is 0 Å². The zero-order chi connectivity index (χ0) is 21.1. The van der Waals surface area contributed by atoms with Gasteiger partial charge in [0.15, 0.2) is 0 Å². The van der Waals surface area contributed by atoms with Crippen LogP contribution in [0.3, 0.4) is 0 Å². The molecule has 1 amide bonds. The van der Waals surface area contributed by atoms with Crippen molar-refractivity contribution in [3.8, 4) is 0 Å². The Morgan fingerprint density at radius 2 is 2.13 bits per heavy atom. The van der Waals surface area contributed by atoms with Gasteiger partial charge in [-0.25, -0.2) is 9.97 Å². The van der Waals surface area contributed by atoms with Crippen LogP contribution in [0.1, 0.15) is 18.4 Å². The van der Waals surface area contributed by atoms with Crippen LogP contribution >= 0.6 is 0 Å². The number of aromatic nitrogens is 3. The van der Waals surface area contributed by atoms with Gasteiger partial charge in [-0.2, -0.15) is 13.2 Å². The number of carbonyl (C=O) groups is 1. The van der Waals surface area contributed by atoms with E-state index in [1.807, 2.05) is 6.07 Å². The molecule has 0 aliphatic carbocycles. The van der Waals surface area contributed by atoms with Crippen molar-refractivity contribution in [2.45, 2.75) is 25.1 Å². The van der Waals surface area contributed by atoms with Crippen LogP contribution in [0, 0.1) is 0 Å². The third-order valence-corrected chi connectivity index (χ3v) is 5.10. The van der Waals surface area contributed by atoms with Crippen molar-refractivity contribution >= 4 is 28.4 Å². The zero-order valence-electron chi connectivity index (χ0n) is 16.0. The maximum absolute atomic E-state index is 12.8. The van der Waals surface area contributed by atoms with Crippen molar-refractivity contribution in [1.29, 1.82) is 0 Å².